The molecule has 0 spiro atoms. The molecule has 0 heterocycles. The van der Waals surface area contributed by atoms with E-state index in [1.165, 1.54) is 39.6 Å². The highest BCUT2D eigenvalue weighted by Crippen LogP contribution is 2.27. The molecular formula is C14H26BN2O2. The molecule has 2 N–H and O–H groups in total. The Balaban J connectivity index is 2.47. The van der Waals surface area contributed by atoms with Gasteiger partial charge >= 0.3 is 7.48 Å². The predicted molar refractivity (Wildman–Crippen MR) is 78.4 cm³/mol. The summed E-state index contributed by atoms with van der Waals surface area (Å²) in [6.45, 7) is 6.07. The van der Waals surface area contributed by atoms with Gasteiger partial charge in [-0.2, -0.15) is 0 Å². The zero-order chi connectivity index (χ0) is 14.3. The van der Waals surface area contributed by atoms with Gasteiger partial charge in [0.1, 0.15) is 6.40 Å². The number of hydrogen-bond donors (Lipinski definition) is 2. The third kappa shape index (κ3) is 5.25. The van der Waals surface area contributed by atoms with Crippen LogP contribution in [0.25, 0.3) is 0 Å². The molecule has 1 radical (unpaired) electrons. The summed E-state index contributed by atoms with van der Waals surface area (Å²) >= 11 is 0. The topological polar surface area (TPSA) is 62.2 Å². The Labute approximate surface area is 117 Å². The number of carbonyl (C=O) groups is 1. The first-order valence-electron chi connectivity index (χ1n) is 7.34. The van der Waals surface area contributed by atoms with Gasteiger partial charge in [0.2, 0.25) is 5.91 Å². The maximum Gasteiger partial charge on any atom is 0.384 e. The summed E-state index contributed by atoms with van der Waals surface area (Å²) in [5, 5.41) is 9.98. The minimum atomic E-state index is -0.298. The fourth-order valence-corrected chi connectivity index (χ4v) is 2.72. The van der Waals surface area contributed by atoms with Gasteiger partial charge < -0.3 is 9.97 Å². The van der Waals surface area contributed by atoms with Crippen LogP contribution in [-0.2, 0) is 9.45 Å². The molecule has 1 fully saturated rings. The highest BCUT2D eigenvalue weighted by Gasteiger charge is 2.28. The van der Waals surface area contributed by atoms with Gasteiger partial charge in [0, 0.05) is 6.04 Å². The van der Waals surface area contributed by atoms with E-state index in [2.05, 4.69) is 12.2 Å². The van der Waals surface area contributed by atoms with E-state index in [1.807, 2.05) is 13.8 Å². The van der Waals surface area contributed by atoms with E-state index >= 15 is 0 Å². The Morgan fingerprint density at radius 1 is 1.32 bits per heavy atom. The highest BCUT2D eigenvalue weighted by molar-refractivity contribution is 6.39. The van der Waals surface area contributed by atoms with Crippen molar-refractivity contribution >= 4 is 19.8 Å². The van der Waals surface area contributed by atoms with Gasteiger partial charge in [0.25, 0.3) is 0 Å². The van der Waals surface area contributed by atoms with Gasteiger partial charge in [-0.05, 0) is 31.6 Å². The first kappa shape index (κ1) is 16.1. The first-order valence-corrected chi connectivity index (χ1v) is 7.34. The summed E-state index contributed by atoms with van der Waals surface area (Å²) in [6, 6.07) is 0.224. The number of amides is 1. The van der Waals surface area contributed by atoms with E-state index < -0.39 is 0 Å². The molecule has 1 amide bonds. The fraction of sp³-hybridized carbons (Fsp3) is 0.857. The average Bonchev–Trinajstić information content (AvgIpc) is 2.39. The van der Waals surface area contributed by atoms with E-state index in [1.54, 1.807) is 0 Å². The maximum atomic E-state index is 12.2. The van der Waals surface area contributed by atoms with Crippen LogP contribution in [0, 0.1) is 17.2 Å². The van der Waals surface area contributed by atoms with Gasteiger partial charge in [-0.15, -0.1) is 0 Å². The van der Waals surface area contributed by atoms with E-state index in [-0.39, 0.29) is 23.7 Å². The largest absolute Gasteiger partial charge is 0.555 e. The molecule has 1 rings (SSSR count). The van der Waals surface area contributed by atoms with Gasteiger partial charge in [0.05, 0.1) is 5.82 Å². The van der Waals surface area contributed by atoms with Gasteiger partial charge in [0.15, 0.2) is 0 Å². The van der Waals surface area contributed by atoms with Crippen LogP contribution in [-0.4, -0.2) is 25.8 Å². The summed E-state index contributed by atoms with van der Waals surface area (Å²) in [5.41, 5.74) is 0. The van der Waals surface area contributed by atoms with Crippen molar-refractivity contribution in [2.24, 2.45) is 11.8 Å². The number of hydrogen-bond acceptors (Lipinski definition) is 3. The Kier molecular flexibility index (Phi) is 6.96. The molecule has 0 aliphatic heterocycles. The molecule has 0 bridgehead atoms. The molecule has 0 aromatic heterocycles. The van der Waals surface area contributed by atoms with Crippen LogP contribution in [0.3, 0.4) is 0 Å². The van der Waals surface area contributed by atoms with Crippen molar-refractivity contribution < 1.29 is 9.45 Å². The molecule has 0 saturated heterocycles. The number of nitrogens with one attached hydrogen (secondary N) is 2. The zero-order valence-electron chi connectivity index (χ0n) is 12.3. The second-order valence-electron chi connectivity index (χ2n) is 5.86. The van der Waals surface area contributed by atoms with Crippen LogP contribution in [0.1, 0.15) is 52.9 Å². The standard InChI is InChI=1S/C14H26BN2O2/c1-10(2)13(15-19-9-16)14(18)17-11(3)12-7-5-4-6-8-12/h9-13,16H,4-8H2,1-3H3,(H,17,18)/t11-,13+/m0/s1. The third-order valence-electron chi connectivity index (χ3n) is 4.04. The molecule has 1 saturated carbocycles. The van der Waals surface area contributed by atoms with Gasteiger partial charge in [-0.25, -0.2) is 0 Å². The Morgan fingerprint density at radius 3 is 2.47 bits per heavy atom. The summed E-state index contributed by atoms with van der Waals surface area (Å²) in [4.78, 5) is 12.2. The summed E-state index contributed by atoms with van der Waals surface area (Å²) in [7, 11) is 1.46. The van der Waals surface area contributed by atoms with E-state index in [9.17, 15) is 4.79 Å². The van der Waals surface area contributed by atoms with Crippen LogP contribution in [0.4, 0.5) is 0 Å². The minimum Gasteiger partial charge on any atom is -0.555 e. The van der Waals surface area contributed by atoms with Crippen LogP contribution >= 0.6 is 0 Å². The Morgan fingerprint density at radius 2 is 1.95 bits per heavy atom. The third-order valence-corrected chi connectivity index (χ3v) is 4.04. The highest BCUT2D eigenvalue weighted by atomic mass is 16.4. The molecule has 4 nitrogen and oxygen atoms in total. The van der Waals surface area contributed by atoms with Gasteiger partial charge in [-0.1, -0.05) is 33.1 Å². The fourth-order valence-electron chi connectivity index (χ4n) is 2.72. The normalized spacial score (nSPS) is 19.6. The number of carbonyl (C=O) groups excluding carboxylic acids is 1. The van der Waals surface area contributed by atoms with Crippen LogP contribution in [0.15, 0.2) is 0 Å². The quantitative estimate of drug-likeness (QED) is 0.422. The van der Waals surface area contributed by atoms with Crippen molar-refractivity contribution in [1.82, 2.24) is 5.32 Å². The van der Waals surface area contributed by atoms with E-state index in [4.69, 9.17) is 10.1 Å². The Bertz CT molecular complexity index is 291. The average molecular weight is 265 g/mol. The first-order chi connectivity index (χ1) is 9.06. The molecule has 5 heteroatoms. The van der Waals surface area contributed by atoms with Crippen molar-refractivity contribution in [3.8, 4) is 0 Å². The van der Waals surface area contributed by atoms with Crippen molar-refractivity contribution in [3.63, 3.8) is 0 Å². The summed E-state index contributed by atoms with van der Waals surface area (Å²) in [6.07, 6.45) is 7.17. The maximum absolute atomic E-state index is 12.2. The molecule has 107 valence electrons. The molecular weight excluding hydrogens is 239 g/mol. The lowest BCUT2D eigenvalue weighted by Gasteiger charge is -2.30. The smallest absolute Gasteiger partial charge is 0.384 e. The van der Waals surface area contributed by atoms with Crippen LogP contribution in [0.5, 0.6) is 0 Å². The molecule has 2 atom stereocenters. The van der Waals surface area contributed by atoms with Crippen LogP contribution in [0.2, 0.25) is 5.82 Å². The van der Waals surface area contributed by atoms with Crippen molar-refractivity contribution in [2.75, 3.05) is 0 Å². The molecule has 0 unspecified atom stereocenters. The van der Waals surface area contributed by atoms with Crippen LogP contribution < -0.4 is 5.32 Å². The SMILES string of the molecule is CC(C)[C@@H]([B]OC=N)C(=O)N[C@@H](C)C1CCCCC1. The van der Waals surface area contributed by atoms with Crippen molar-refractivity contribution in [1.29, 1.82) is 5.41 Å². The molecule has 0 aromatic rings. The predicted octanol–water partition coefficient (Wildman–Crippen LogP) is 2.76. The Hall–Kier alpha value is -0.995. The molecule has 1 aliphatic carbocycles. The second kappa shape index (κ2) is 8.23. The second-order valence-corrected chi connectivity index (χ2v) is 5.86. The van der Waals surface area contributed by atoms with Gasteiger partial charge in [-0.3, -0.25) is 10.2 Å². The summed E-state index contributed by atoms with van der Waals surface area (Å²) < 4.78 is 4.86. The zero-order valence-corrected chi connectivity index (χ0v) is 12.3. The minimum absolute atomic E-state index is 0.00919. The molecule has 1 aliphatic rings. The monoisotopic (exact) mass is 265 g/mol. The lowest BCUT2D eigenvalue weighted by Crippen LogP contribution is -2.43. The molecule has 0 aromatic carbocycles. The van der Waals surface area contributed by atoms with E-state index in [0.29, 0.717) is 5.92 Å². The summed E-state index contributed by atoms with van der Waals surface area (Å²) in [5.74, 6) is 0.482. The van der Waals surface area contributed by atoms with Crippen molar-refractivity contribution in [3.05, 3.63) is 0 Å². The molecule has 19 heavy (non-hydrogen) atoms. The lowest BCUT2D eigenvalue weighted by atomic mass is 9.71. The van der Waals surface area contributed by atoms with E-state index in [0.717, 1.165) is 6.40 Å². The number of rotatable bonds is 7. The lowest BCUT2D eigenvalue weighted by molar-refractivity contribution is -0.122. The van der Waals surface area contributed by atoms with Crippen molar-refractivity contribution in [2.45, 2.75) is 64.7 Å².